The average Bonchev–Trinajstić information content (AvgIpc) is 2.72. The normalized spacial score (nSPS) is 17.9. The molecule has 1 aliphatic rings. The molecule has 1 fully saturated rings. The van der Waals surface area contributed by atoms with E-state index in [1.54, 1.807) is 6.20 Å². The van der Waals surface area contributed by atoms with Gasteiger partial charge in [-0.15, -0.1) is 0 Å². The van der Waals surface area contributed by atoms with Gasteiger partial charge < -0.3 is 4.74 Å². The Balaban J connectivity index is 1.82. The Morgan fingerprint density at radius 2 is 2.31 bits per heavy atom. The highest BCUT2D eigenvalue weighted by Gasteiger charge is 2.16. The summed E-state index contributed by atoms with van der Waals surface area (Å²) in [7, 11) is 0. The number of nitrogens with one attached hydrogen (secondary N) is 1. The summed E-state index contributed by atoms with van der Waals surface area (Å²) in [6.07, 6.45) is 7.05. The molecule has 0 bridgehead atoms. The first-order chi connectivity index (χ1) is 6.36. The van der Waals surface area contributed by atoms with E-state index in [2.05, 4.69) is 26.1 Å². The molecule has 3 nitrogen and oxygen atoms in total. The summed E-state index contributed by atoms with van der Waals surface area (Å²) >= 11 is 3.36. The predicted octanol–water partition coefficient (Wildman–Crippen LogP) is 2.74. The van der Waals surface area contributed by atoms with E-state index in [0.29, 0.717) is 0 Å². The number of ether oxygens (including phenoxy) is 1. The molecule has 0 atom stereocenters. The summed E-state index contributed by atoms with van der Waals surface area (Å²) in [4.78, 5) is 0. The number of nitrogens with zero attached hydrogens (tertiary/aromatic N) is 1. The van der Waals surface area contributed by atoms with Crippen LogP contribution in [0, 0.1) is 5.92 Å². The van der Waals surface area contributed by atoms with E-state index < -0.39 is 0 Å². The first-order valence-electron chi connectivity index (χ1n) is 4.68. The quantitative estimate of drug-likeness (QED) is 0.889. The molecule has 72 valence electrons. The van der Waals surface area contributed by atoms with Crippen LogP contribution < -0.4 is 4.74 Å². The van der Waals surface area contributed by atoms with Crippen molar-refractivity contribution in [3.8, 4) is 5.88 Å². The molecule has 0 aromatic carbocycles. The van der Waals surface area contributed by atoms with Gasteiger partial charge in [0, 0.05) is 0 Å². The first-order valence-corrected chi connectivity index (χ1v) is 5.47. The van der Waals surface area contributed by atoms with Crippen molar-refractivity contribution >= 4 is 15.9 Å². The van der Waals surface area contributed by atoms with Crippen LogP contribution in [0.1, 0.15) is 25.7 Å². The molecule has 1 N–H and O–H groups in total. The highest BCUT2D eigenvalue weighted by atomic mass is 79.9. The van der Waals surface area contributed by atoms with Crippen LogP contribution in [0.3, 0.4) is 0 Å². The summed E-state index contributed by atoms with van der Waals surface area (Å²) in [5, 5.41) is 6.68. The van der Waals surface area contributed by atoms with E-state index in [-0.39, 0.29) is 0 Å². The molecule has 1 aromatic heterocycles. The maximum atomic E-state index is 5.60. The fourth-order valence-corrected chi connectivity index (χ4v) is 2.04. The van der Waals surface area contributed by atoms with Crippen LogP contribution in [-0.2, 0) is 0 Å². The van der Waals surface area contributed by atoms with Crippen molar-refractivity contribution in [1.82, 2.24) is 10.2 Å². The first kappa shape index (κ1) is 9.06. The van der Waals surface area contributed by atoms with E-state index in [4.69, 9.17) is 4.74 Å². The summed E-state index contributed by atoms with van der Waals surface area (Å²) in [6.45, 7) is 0.820. The molecule has 1 aliphatic carbocycles. The van der Waals surface area contributed by atoms with Crippen molar-refractivity contribution in [2.45, 2.75) is 25.7 Å². The predicted molar refractivity (Wildman–Crippen MR) is 53.7 cm³/mol. The lowest BCUT2D eigenvalue weighted by Crippen LogP contribution is -2.08. The lowest BCUT2D eigenvalue weighted by Gasteiger charge is -2.09. The van der Waals surface area contributed by atoms with Gasteiger partial charge in [0.25, 0.3) is 0 Å². The smallest absolute Gasteiger partial charge is 0.223 e. The topological polar surface area (TPSA) is 37.9 Å². The maximum absolute atomic E-state index is 5.60. The van der Waals surface area contributed by atoms with Crippen LogP contribution in [-0.4, -0.2) is 16.8 Å². The van der Waals surface area contributed by atoms with E-state index in [1.165, 1.54) is 25.7 Å². The van der Waals surface area contributed by atoms with Gasteiger partial charge >= 0.3 is 0 Å². The molecule has 1 aromatic rings. The standard InChI is InChI=1S/C9H13BrN2O/c10-8-5-11-12-9(8)13-6-7-3-1-2-4-7/h5,7H,1-4,6H2,(H,11,12). The van der Waals surface area contributed by atoms with Crippen LogP contribution in [0.15, 0.2) is 10.7 Å². The molecular formula is C9H13BrN2O. The Morgan fingerprint density at radius 1 is 1.54 bits per heavy atom. The molecule has 13 heavy (non-hydrogen) atoms. The molecule has 1 saturated carbocycles. The molecule has 0 aliphatic heterocycles. The number of hydrogen-bond acceptors (Lipinski definition) is 2. The zero-order valence-corrected chi connectivity index (χ0v) is 9.01. The Bertz CT molecular complexity index is 268. The average molecular weight is 245 g/mol. The van der Waals surface area contributed by atoms with Gasteiger partial charge in [0.15, 0.2) is 0 Å². The molecule has 0 amide bonds. The molecule has 2 rings (SSSR count). The summed E-state index contributed by atoms with van der Waals surface area (Å²) in [6, 6.07) is 0. The monoisotopic (exact) mass is 244 g/mol. The molecular weight excluding hydrogens is 232 g/mol. The molecule has 4 heteroatoms. The molecule has 0 radical (unpaired) electrons. The Kier molecular flexibility index (Phi) is 2.88. The van der Waals surface area contributed by atoms with Crippen molar-refractivity contribution in [1.29, 1.82) is 0 Å². The van der Waals surface area contributed by atoms with E-state index in [1.807, 2.05) is 0 Å². The van der Waals surface area contributed by atoms with Crippen LogP contribution in [0.5, 0.6) is 5.88 Å². The zero-order valence-electron chi connectivity index (χ0n) is 7.42. The van der Waals surface area contributed by atoms with E-state index in [0.717, 1.165) is 22.9 Å². The number of aromatic amines is 1. The number of rotatable bonds is 3. The van der Waals surface area contributed by atoms with Crippen LogP contribution in [0.4, 0.5) is 0 Å². The van der Waals surface area contributed by atoms with Gasteiger partial charge in [-0.2, -0.15) is 5.10 Å². The van der Waals surface area contributed by atoms with Gasteiger partial charge in [0.2, 0.25) is 5.88 Å². The van der Waals surface area contributed by atoms with Gasteiger partial charge in [0.05, 0.1) is 17.3 Å². The van der Waals surface area contributed by atoms with Crippen molar-refractivity contribution in [2.75, 3.05) is 6.61 Å². The summed E-state index contributed by atoms with van der Waals surface area (Å²) < 4.78 is 6.50. The number of H-pyrrole nitrogens is 1. The maximum Gasteiger partial charge on any atom is 0.223 e. The zero-order chi connectivity index (χ0) is 9.10. The fraction of sp³-hybridized carbons (Fsp3) is 0.667. The van der Waals surface area contributed by atoms with Crippen molar-refractivity contribution in [3.05, 3.63) is 10.7 Å². The van der Waals surface area contributed by atoms with Crippen molar-refractivity contribution < 1.29 is 4.74 Å². The highest BCUT2D eigenvalue weighted by Crippen LogP contribution is 2.27. The Morgan fingerprint density at radius 3 is 2.92 bits per heavy atom. The molecule has 0 spiro atoms. The van der Waals surface area contributed by atoms with Gasteiger partial charge in [-0.3, -0.25) is 0 Å². The Labute approximate surface area is 86.0 Å². The van der Waals surface area contributed by atoms with Gasteiger partial charge in [-0.25, -0.2) is 5.10 Å². The molecule has 0 saturated heterocycles. The molecule has 1 heterocycles. The van der Waals surface area contributed by atoms with E-state index >= 15 is 0 Å². The van der Waals surface area contributed by atoms with Crippen molar-refractivity contribution in [2.24, 2.45) is 5.92 Å². The van der Waals surface area contributed by atoms with Crippen molar-refractivity contribution in [3.63, 3.8) is 0 Å². The summed E-state index contributed by atoms with van der Waals surface area (Å²) in [5.41, 5.74) is 0. The van der Waals surface area contributed by atoms with Crippen LogP contribution in [0.25, 0.3) is 0 Å². The SMILES string of the molecule is Brc1cn[nH]c1OCC1CCCC1. The Hall–Kier alpha value is -0.510. The van der Waals surface area contributed by atoms with Gasteiger partial charge in [0.1, 0.15) is 0 Å². The molecule has 0 unspecified atom stereocenters. The number of halogens is 1. The minimum Gasteiger partial charge on any atom is -0.477 e. The largest absolute Gasteiger partial charge is 0.477 e. The van der Waals surface area contributed by atoms with E-state index in [9.17, 15) is 0 Å². The lowest BCUT2D eigenvalue weighted by molar-refractivity contribution is 0.242. The third-order valence-electron chi connectivity index (χ3n) is 2.50. The minimum absolute atomic E-state index is 0.746. The second-order valence-corrected chi connectivity index (χ2v) is 4.36. The fourth-order valence-electron chi connectivity index (χ4n) is 1.74. The second kappa shape index (κ2) is 4.13. The highest BCUT2D eigenvalue weighted by molar-refractivity contribution is 9.10. The van der Waals surface area contributed by atoms with Crippen LogP contribution in [0.2, 0.25) is 0 Å². The minimum atomic E-state index is 0.746. The van der Waals surface area contributed by atoms with Gasteiger partial charge in [-0.05, 0) is 34.7 Å². The third kappa shape index (κ3) is 2.24. The number of aromatic nitrogens is 2. The summed E-state index contributed by atoms with van der Waals surface area (Å²) in [5.74, 6) is 1.50. The second-order valence-electron chi connectivity index (χ2n) is 3.51. The third-order valence-corrected chi connectivity index (χ3v) is 3.06. The number of hydrogen-bond donors (Lipinski definition) is 1. The lowest BCUT2D eigenvalue weighted by atomic mass is 10.1. The van der Waals surface area contributed by atoms with Gasteiger partial charge in [-0.1, -0.05) is 12.8 Å². The van der Waals surface area contributed by atoms with Crippen LogP contribution >= 0.6 is 15.9 Å².